The Morgan fingerprint density at radius 3 is 2.95 bits per heavy atom. The molecule has 2 aromatic rings. The van der Waals surface area contributed by atoms with E-state index in [0.717, 1.165) is 17.7 Å². The van der Waals surface area contributed by atoms with Crippen LogP contribution in [0, 0.1) is 0 Å². The van der Waals surface area contributed by atoms with E-state index in [1.165, 1.54) is 12.4 Å². The molecule has 0 radical (unpaired) electrons. The summed E-state index contributed by atoms with van der Waals surface area (Å²) in [6, 6.07) is 7.86. The fourth-order valence-electron chi connectivity index (χ4n) is 2.20. The minimum absolute atomic E-state index is 0.0314. The lowest BCUT2D eigenvalue weighted by Gasteiger charge is -2.13. The van der Waals surface area contributed by atoms with Crippen LogP contribution in [0.1, 0.15) is 16.1 Å². The van der Waals surface area contributed by atoms with Crippen molar-refractivity contribution in [2.45, 2.75) is 12.5 Å². The van der Waals surface area contributed by atoms with Gasteiger partial charge < -0.3 is 15.2 Å². The Morgan fingerprint density at radius 2 is 2.15 bits per heavy atom. The van der Waals surface area contributed by atoms with Gasteiger partial charge in [0.2, 0.25) is 0 Å². The predicted molar refractivity (Wildman–Crippen MR) is 72.0 cm³/mol. The fraction of sp³-hybridized carbons (Fsp3) is 0.214. The molecule has 0 saturated carbocycles. The average molecular weight is 271 g/mol. The second-order valence-corrected chi connectivity index (χ2v) is 4.49. The highest BCUT2D eigenvalue weighted by Gasteiger charge is 2.23. The smallest absolute Gasteiger partial charge is 0.358 e. The van der Waals surface area contributed by atoms with Gasteiger partial charge in [-0.1, -0.05) is 18.2 Å². The first-order valence-electron chi connectivity index (χ1n) is 6.27. The molecule has 0 bridgehead atoms. The fourth-order valence-corrected chi connectivity index (χ4v) is 2.20. The Bertz CT molecular complexity index is 620. The average Bonchev–Trinajstić information content (AvgIpc) is 2.88. The third kappa shape index (κ3) is 2.40. The number of carbonyl (C=O) groups is 1. The molecule has 0 spiro atoms. The third-order valence-corrected chi connectivity index (χ3v) is 3.11. The number of nitrogens with one attached hydrogen (secondary N) is 1. The maximum Gasteiger partial charge on any atom is 0.358 e. The quantitative estimate of drug-likeness (QED) is 0.878. The van der Waals surface area contributed by atoms with Crippen molar-refractivity contribution in [1.82, 2.24) is 9.97 Å². The zero-order valence-corrected chi connectivity index (χ0v) is 10.6. The Hall–Kier alpha value is -2.63. The van der Waals surface area contributed by atoms with E-state index in [0.29, 0.717) is 6.54 Å². The normalized spacial score (nSPS) is 16.3. The van der Waals surface area contributed by atoms with Crippen LogP contribution in [0.5, 0.6) is 5.75 Å². The van der Waals surface area contributed by atoms with Gasteiger partial charge >= 0.3 is 5.97 Å². The summed E-state index contributed by atoms with van der Waals surface area (Å²) in [5.74, 6) is 0.0488. The number of nitrogens with zero attached hydrogens (tertiary/aromatic N) is 2. The number of carboxylic acid groups (broad SMARTS) is 1. The van der Waals surface area contributed by atoms with Gasteiger partial charge in [-0.15, -0.1) is 0 Å². The highest BCUT2D eigenvalue weighted by atomic mass is 16.5. The first kappa shape index (κ1) is 12.4. The molecule has 1 aliphatic rings. The number of rotatable bonds is 4. The van der Waals surface area contributed by atoms with Gasteiger partial charge in [-0.3, -0.25) is 0 Å². The second kappa shape index (κ2) is 5.16. The molecule has 2 heterocycles. The standard InChI is InChI=1S/C14H13N3O3/c18-14(19)12-13(16-6-5-15-12)17-8-10-7-9-3-1-2-4-11(9)20-10/h1-6,10H,7-8H2,(H,16,17)(H,18,19). The number of aromatic carboxylic acids is 1. The number of aromatic nitrogens is 2. The van der Waals surface area contributed by atoms with Crippen molar-refractivity contribution in [2.24, 2.45) is 0 Å². The molecular formula is C14H13N3O3. The van der Waals surface area contributed by atoms with E-state index in [1.807, 2.05) is 24.3 Å². The molecule has 0 saturated heterocycles. The van der Waals surface area contributed by atoms with Crippen molar-refractivity contribution in [3.05, 3.63) is 47.9 Å². The number of carboxylic acids is 1. The Morgan fingerprint density at radius 1 is 1.35 bits per heavy atom. The monoisotopic (exact) mass is 271 g/mol. The molecule has 0 amide bonds. The van der Waals surface area contributed by atoms with Crippen molar-refractivity contribution in [1.29, 1.82) is 0 Å². The van der Waals surface area contributed by atoms with Crippen molar-refractivity contribution >= 4 is 11.8 Å². The Labute approximate surface area is 115 Å². The molecule has 1 atom stereocenters. The molecule has 0 aliphatic carbocycles. The van der Waals surface area contributed by atoms with E-state index in [-0.39, 0.29) is 17.6 Å². The third-order valence-electron chi connectivity index (χ3n) is 3.11. The van der Waals surface area contributed by atoms with E-state index in [2.05, 4.69) is 15.3 Å². The summed E-state index contributed by atoms with van der Waals surface area (Å²) in [7, 11) is 0. The Balaban J connectivity index is 1.66. The van der Waals surface area contributed by atoms with Gasteiger partial charge in [0.05, 0.1) is 6.54 Å². The first-order chi connectivity index (χ1) is 9.74. The molecule has 6 heteroatoms. The van der Waals surface area contributed by atoms with Crippen LogP contribution < -0.4 is 10.1 Å². The second-order valence-electron chi connectivity index (χ2n) is 4.49. The van der Waals surface area contributed by atoms with Crippen LogP contribution in [-0.4, -0.2) is 33.7 Å². The summed E-state index contributed by atoms with van der Waals surface area (Å²) in [6.07, 6.45) is 3.58. The van der Waals surface area contributed by atoms with E-state index >= 15 is 0 Å². The van der Waals surface area contributed by atoms with Gasteiger partial charge in [0.1, 0.15) is 11.9 Å². The molecule has 1 unspecified atom stereocenters. The Kier molecular flexibility index (Phi) is 3.20. The number of anilines is 1. The minimum Gasteiger partial charge on any atom is -0.488 e. The highest BCUT2D eigenvalue weighted by Crippen LogP contribution is 2.28. The number of benzene rings is 1. The topological polar surface area (TPSA) is 84.3 Å². The number of hydrogen-bond donors (Lipinski definition) is 2. The summed E-state index contributed by atoms with van der Waals surface area (Å²) in [5.41, 5.74) is 1.08. The summed E-state index contributed by atoms with van der Waals surface area (Å²) >= 11 is 0. The zero-order chi connectivity index (χ0) is 13.9. The van der Waals surface area contributed by atoms with Gasteiger partial charge in [-0.05, 0) is 11.6 Å². The zero-order valence-electron chi connectivity index (χ0n) is 10.6. The van der Waals surface area contributed by atoms with Crippen molar-refractivity contribution in [3.8, 4) is 5.75 Å². The summed E-state index contributed by atoms with van der Waals surface area (Å²) in [6.45, 7) is 0.480. The van der Waals surface area contributed by atoms with E-state index in [1.54, 1.807) is 0 Å². The van der Waals surface area contributed by atoms with Crippen molar-refractivity contribution in [3.63, 3.8) is 0 Å². The molecular weight excluding hydrogens is 258 g/mol. The first-order valence-corrected chi connectivity index (χ1v) is 6.27. The van der Waals surface area contributed by atoms with Gasteiger partial charge in [0.15, 0.2) is 11.5 Å². The molecule has 102 valence electrons. The molecule has 1 aliphatic heterocycles. The van der Waals surface area contributed by atoms with Crippen LogP contribution >= 0.6 is 0 Å². The van der Waals surface area contributed by atoms with Crippen molar-refractivity contribution < 1.29 is 14.6 Å². The van der Waals surface area contributed by atoms with E-state index in [4.69, 9.17) is 9.84 Å². The molecule has 1 aromatic heterocycles. The summed E-state index contributed by atoms with van der Waals surface area (Å²) in [4.78, 5) is 18.8. The lowest BCUT2D eigenvalue weighted by Crippen LogP contribution is -2.25. The maximum absolute atomic E-state index is 11.0. The summed E-state index contributed by atoms with van der Waals surface area (Å²) in [5, 5.41) is 12.0. The minimum atomic E-state index is -1.10. The molecule has 1 aromatic carbocycles. The van der Waals surface area contributed by atoms with Crippen LogP contribution in [0.3, 0.4) is 0 Å². The number of hydrogen-bond acceptors (Lipinski definition) is 5. The van der Waals surface area contributed by atoms with Crippen molar-refractivity contribution in [2.75, 3.05) is 11.9 Å². The van der Waals surface area contributed by atoms with Crippen LogP contribution in [0.25, 0.3) is 0 Å². The highest BCUT2D eigenvalue weighted by molar-refractivity contribution is 5.90. The lowest BCUT2D eigenvalue weighted by atomic mass is 10.1. The summed E-state index contributed by atoms with van der Waals surface area (Å²) < 4.78 is 5.77. The molecule has 6 nitrogen and oxygen atoms in total. The number of ether oxygens (including phenoxy) is 1. The van der Waals surface area contributed by atoms with E-state index in [9.17, 15) is 4.79 Å². The van der Waals surface area contributed by atoms with Crippen LogP contribution in [0.4, 0.5) is 5.82 Å². The van der Waals surface area contributed by atoms with Gasteiger partial charge in [-0.25, -0.2) is 14.8 Å². The van der Waals surface area contributed by atoms with Gasteiger partial charge in [-0.2, -0.15) is 0 Å². The van der Waals surface area contributed by atoms with Crippen LogP contribution in [-0.2, 0) is 6.42 Å². The lowest BCUT2D eigenvalue weighted by molar-refractivity contribution is 0.0691. The maximum atomic E-state index is 11.0. The van der Waals surface area contributed by atoms with Gasteiger partial charge in [0.25, 0.3) is 0 Å². The van der Waals surface area contributed by atoms with E-state index < -0.39 is 5.97 Å². The van der Waals surface area contributed by atoms with Crippen LogP contribution in [0.15, 0.2) is 36.7 Å². The molecule has 2 N–H and O–H groups in total. The molecule has 0 fully saturated rings. The predicted octanol–water partition coefficient (Wildman–Crippen LogP) is 1.59. The van der Waals surface area contributed by atoms with Crippen LogP contribution in [0.2, 0.25) is 0 Å². The van der Waals surface area contributed by atoms with Gasteiger partial charge in [0, 0.05) is 18.8 Å². The molecule has 3 rings (SSSR count). The molecule has 20 heavy (non-hydrogen) atoms. The largest absolute Gasteiger partial charge is 0.488 e. The SMILES string of the molecule is O=C(O)c1nccnc1NCC1Cc2ccccc2O1. The number of fused-ring (bicyclic) bond motifs is 1. The number of para-hydroxylation sites is 1.